The maximum atomic E-state index is 5.82. The third-order valence-electron chi connectivity index (χ3n) is 6.37. The first-order valence-corrected chi connectivity index (χ1v) is 12.0. The molecule has 0 radical (unpaired) electrons. The first-order valence-electron chi connectivity index (χ1n) is 12.0. The number of hydrogen-bond donors (Lipinski definition) is 1. The first-order chi connectivity index (χ1) is 17.0. The van der Waals surface area contributed by atoms with E-state index in [0.29, 0.717) is 0 Å². The Morgan fingerprint density at radius 3 is 1.66 bits per heavy atom. The second-order valence-electron chi connectivity index (χ2n) is 9.20. The second-order valence-corrected chi connectivity index (χ2v) is 9.20. The Morgan fingerprint density at radius 2 is 1.17 bits per heavy atom. The highest BCUT2D eigenvalue weighted by Crippen LogP contribution is 2.37. The highest BCUT2D eigenvalue weighted by Gasteiger charge is 2.19. The topological polar surface area (TPSA) is 27.7 Å². The minimum Gasteiger partial charge on any atom is -0.495 e. The van der Waals surface area contributed by atoms with Crippen molar-refractivity contribution >= 4 is 17.1 Å². The van der Waals surface area contributed by atoms with Crippen LogP contribution in [0.15, 0.2) is 97.1 Å². The van der Waals surface area contributed by atoms with Gasteiger partial charge in [0.05, 0.1) is 12.8 Å². The molecule has 4 aromatic carbocycles. The second kappa shape index (κ2) is 11.0. The normalized spacial score (nSPS) is 10.8. The Hall–Kier alpha value is -3.92. The van der Waals surface area contributed by atoms with Gasteiger partial charge in [-0.1, -0.05) is 60.7 Å². The van der Waals surface area contributed by atoms with Gasteiger partial charge in [0, 0.05) is 52.0 Å². The number of anilines is 3. The fourth-order valence-corrected chi connectivity index (χ4v) is 4.33. The Kier molecular flexibility index (Phi) is 7.61. The quantitative estimate of drug-likeness (QED) is 0.281. The first kappa shape index (κ1) is 24.2. The summed E-state index contributed by atoms with van der Waals surface area (Å²) in [4.78, 5) is 4.25. The molecule has 0 fully saturated rings. The van der Waals surface area contributed by atoms with E-state index in [1.54, 1.807) is 7.11 Å². The van der Waals surface area contributed by atoms with E-state index in [9.17, 15) is 0 Å². The summed E-state index contributed by atoms with van der Waals surface area (Å²) in [6, 6.07) is 34.6. The molecule has 0 atom stereocenters. The highest BCUT2D eigenvalue weighted by atomic mass is 16.5. The number of methoxy groups -OCH3 is 1. The number of benzene rings is 4. The van der Waals surface area contributed by atoms with E-state index in [2.05, 4.69) is 134 Å². The van der Waals surface area contributed by atoms with Crippen LogP contribution in [0.5, 0.6) is 5.75 Å². The molecular formula is C31H35N3O. The van der Waals surface area contributed by atoms with E-state index in [-0.39, 0.29) is 5.92 Å². The number of hydrogen-bond acceptors (Lipinski definition) is 4. The maximum absolute atomic E-state index is 5.82. The molecule has 0 aromatic heterocycles. The zero-order chi connectivity index (χ0) is 24.8. The lowest BCUT2D eigenvalue weighted by Crippen LogP contribution is -2.10. The van der Waals surface area contributed by atoms with Gasteiger partial charge in [0.2, 0.25) is 0 Å². The molecule has 0 heterocycles. The van der Waals surface area contributed by atoms with Crippen LogP contribution in [0.2, 0.25) is 0 Å². The lowest BCUT2D eigenvalue weighted by Gasteiger charge is -2.23. The molecule has 0 amide bonds. The molecule has 0 unspecified atom stereocenters. The molecule has 0 spiro atoms. The summed E-state index contributed by atoms with van der Waals surface area (Å²) >= 11 is 0. The molecular weight excluding hydrogens is 430 g/mol. The number of nitrogens with zero attached hydrogens (tertiary/aromatic N) is 2. The van der Waals surface area contributed by atoms with Crippen LogP contribution >= 0.6 is 0 Å². The molecule has 0 bridgehead atoms. The van der Waals surface area contributed by atoms with Crippen LogP contribution in [0.25, 0.3) is 0 Å². The molecule has 0 saturated heterocycles. The van der Waals surface area contributed by atoms with Crippen LogP contribution in [0.1, 0.15) is 28.2 Å². The van der Waals surface area contributed by atoms with Crippen molar-refractivity contribution in [3.8, 4) is 5.75 Å². The summed E-state index contributed by atoms with van der Waals surface area (Å²) in [5, 5.41) is 3.53. The summed E-state index contributed by atoms with van der Waals surface area (Å²) in [7, 11) is 10.0. The van der Waals surface area contributed by atoms with E-state index in [1.165, 1.54) is 33.6 Å². The van der Waals surface area contributed by atoms with Crippen molar-refractivity contribution in [2.75, 3.05) is 50.4 Å². The molecule has 0 aliphatic carbocycles. The zero-order valence-corrected chi connectivity index (χ0v) is 21.3. The van der Waals surface area contributed by atoms with Crippen LogP contribution in [-0.2, 0) is 6.54 Å². The summed E-state index contributed by atoms with van der Waals surface area (Å²) in [6.45, 7) is 0.748. The van der Waals surface area contributed by atoms with Gasteiger partial charge in [-0.05, 0) is 58.7 Å². The van der Waals surface area contributed by atoms with Crippen LogP contribution < -0.4 is 19.9 Å². The van der Waals surface area contributed by atoms with E-state index in [1.807, 2.05) is 6.07 Å². The lowest BCUT2D eigenvalue weighted by atomic mass is 9.84. The van der Waals surface area contributed by atoms with Crippen molar-refractivity contribution in [2.24, 2.45) is 0 Å². The third kappa shape index (κ3) is 5.78. The van der Waals surface area contributed by atoms with Gasteiger partial charge in [-0.3, -0.25) is 0 Å². The Labute approximate surface area is 209 Å². The molecule has 0 aliphatic rings. The molecule has 4 heteroatoms. The molecule has 4 nitrogen and oxygen atoms in total. The van der Waals surface area contributed by atoms with Gasteiger partial charge < -0.3 is 19.9 Å². The van der Waals surface area contributed by atoms with Crippen LogP contribution in [0.4, 0.5) is 17.1 Å². The molecule has 1 N–H and O–H groups in total. The molecule has 4 rings (SSSR count). The van der Waals surface area contributed by atoms with Crippen molar-refractivity contribution in [1.82, 2.24) is 0 Å². The monoisotopic (exact) mass is 465 g/mol. The summed E-state index contributed by atoms with van der Waals surface area (Å²) in [6.07, 6.45) is 0. The Bertz CT molecular complexity index is 1170. The van der Waals surface area contributed by atoms with Gasteiger partial charge in [-0.15, -0.1) is 0 Å². The third-order valence-corrected chi connectivity index (χ3v) is 6.37. The van der Waals surface area contributed by atoms with Gasteiger partial charge >= 0.3 is 0 Å². The van der Waals surface area contributed by atoms with Gasteiger partial charge in [0.15, 0.2) is 0 Å². The van der Waals surface area contributed by atoms with Gasteiger partial charge in [-0.2, -0.15) is 0 Å². The van der Waals surface area contributed by atoms with Crippen molar-refractivity contribution in [2.45, 2.75) is 12.5 Å². The van der Waals surface area contributed by atoms with E-state index < -0.39 is 0 Å². The van der Waals surface area contributed by atoms with E-state index >= 15 is 0 Å². The minimum atomic E-state index is 0.0968. The van der Waals surface area contributed by atoms with Gasteiger partial charge in [-0.25, -0.2) is 0 Å². The van der Waals surface area contributed by atoms with Crippen molar-refractivity contribution < 1.29 is 4.74 Å². The molecule has 4 aromatic rings. The van der Waals surface area contributed by atoms with E-state index in [0.717, 1.165) is 18.0 Å². The van der Waals surface area contributed by atoms with Gasteiger partial charge in [0.1, 0.15) is 5.75 Å². The lowest BCUT2D eigenvalue weighted by molar-refractivity contribution is 0.416. The SMILES string of the molecule is COc1cc(C(c2ccc(N(C)C)cc2)c2ccc(N(C)C)cc2)ccc1NCc1ccccc1. The zero-order valence-electron chi connectivity index (χ0n) is 21.3. The van der Waals surface area contributed by atoms with Crippen LogP contribution in [-0.4, -0.2) is 35.3 Å². The largest absolute Gasteiger partial charge is 0.495 e. The number of rotatable bonds is 9. The maximum Gasteiger partial charge on any atom is 0.142 e. The smallest absolute Gasteiger partial charge is 0.142 e. The summed E-state index contributed by atoms with van der Waals surface area (Å²) in [5.41, 5.74) is 8.30. The standard InChI is InChI=1S/C31H35N3O/c1-33(2)27-16-11-24(12-17-27)31(25-13-18-28(19-14-25)34(3)4)26-15-20-29(30(21-26)35-5)32-22-23-9-7-6-8-10-23/h6-21,31-32H,22H2,1-5H3. The predicted molar refractivity (Wildman–Crippen MR) is 149 cm³/mol. The Balaban J connectivity index is 1.70. The minimum absolute atomic E-state index is 0.0968. The molecule has 180 valence electrons. The van der Waals surface area contributed by atoms with Crippen molar-refractivity contribution in [3.63, 3.8) is 0 Å². The highest BCUT2D eigenvalue weighted by molar-refractivity contribution is 5.61. The van der Waals surface area contributed by atoms with Crippen molar-refractivity contribution in [1.29, 1.82) is 0 Å². The molecule has 0 saturated carbocycles. The predicted octanol–water partition coefficient (Wildman–Crippen LogP) is 6.62. The van der Waals surface area contributed by atoms with Gasteiger partial charge in [0.25, 0.3) is 0 Å². The number of nitrogens with one attached hydrogen (secondary N) is 1. The molecule has 0 aliphatic heterocycles. The average Bonchev–Trinajstić information content (AvgIpc) is 2.89. The summed E-state index contributed by atoms with van der Waals surface area (Å²) < 4.78 is 5.82. The summed E-state index contributed by atoms with van der Waals surface area (Å²) in [5.74, 6) is 0.942. The average molecular weight is 466 g/mol. The number of ether oxygens (including phenoxy) is 1. The van der Waals surface area contributed by atoms with Crippen LogP contribution in [0, 0.1) is 0 Å². The van der Waals surface area contributed by atoms with E-state index in [4.69, 9.17) is 4.74 Å². The van der Waals surface area contributed by atoms with Crippen LogP contribution in [0.3, 0.4) is 0 Å². The van der Waals surface area contributed by atoms with Crippen molar-refractivity contribution in [3.05, 3.63) is 119 Å². The fraction of sp³-hybridized carbons (Fsp3) is 0.226. The Morgan fingerprint density at radius 1 is 0.657 bits per heavy atom. The fourth-order valence-electron chi connectivity index (χ4n) is 4.33. The molecule has 35 heavy (non-hydrogen) atoms.